The molecule has 1 heterocycles. The predicted octanol–water partition coefficient (Wildman–Crippen LogP) is 5.44. The molecule has 0 saturated heterocycles. The van der Waals surface area contributed by atoms with Gasteiger partial charge in [0.05, 0.1) is 22.4 Å². The third-order valence-corrected chi connectivity index (χ3v) is 4.38. The first-order chi connectivity index (χ1) is 11.4. The fraction of sp³-hybridized carbons (Fsp3) is 0.200. The number of fused-ring (bicyclic) bond motifs is 1. The monoisotopic (exact) mass is 338 g/mol. The number of nitrogens with zero attached hydrogens (tertiary/aromatic N) is 1. The van der Waals surface area contributed by atoms with Crippen LogP contribution in [-0.4, -0.2) is 10.9 Å². The van der Waals surface area contributed by atoms with Crippen molar-refractivity contribution in [2.45, 2.75) is 26.2 Å². The van der Waals surface area contributed by atoms with Crippen molar-refractivity contribution in [3.05, 3.63) is 70.9 Å². The summed E-state index contributed by atoms with van der Waals surface area (Å²) in [5, 5.41) is 4.16. The molecule has 0 aliphatic carbocycles. The van der Waals surface area contributed by atoms with Crippen LogP contribution < -0.4 is 5.32 Å². The molecule has 3 rings (SSSR count). The molecule has 0 saturated carbocycles. The third-order valence-electron chi connectivity index (χ3n) is 3.97. The van der Waals surface area contributed by atoms with Crippen molar-refractivity contribution in [3.63, 3.8) is 0 Å². The molecule has 1 amide bonds. The summed E-state index contributed by atoms with van der Waals surface area (Å²) >= 11 is 6.40. The summed E-state index contributed by atoms with van der Waals surface area (Å²) < 4.78 is 0. The molecular weight excluding hydrogens is 320 g/mol. The summed E-state index contributed by atoms with van der Waals surface area (Å²) in [5.74, 6) is -0.200. The number of nitrogens with one attached hydrogen (secondary N) is 1. The Kier molecular flexibility index (Phi) is 4.29. The summed E-state index contributed by atoms with van der Waals surface area (Å²) in [7, 11) is 0. The Labute approximate surface area is 146 Å². The maximum Gasteiger partial charge on any atom is 0.255 e. The molecule has 0 bridgehead atoms. The number of pyridine rings is 1. The predicted molar refractivity (Wildman–Crippen MR) is 99.8 cm³/mol. The number of hydrogen-bond donors (Lipinski definition) is 1. The van der Waals surface area contributed by atoms with E-state index in [0.29, 0.717) is 16.3 Å². The second kappa shape index (κ2) is 6.25. The van der Waals surface area contributed by atoms with Crippen molar-refractivity contribution < 1.29 is 4.79 Å². The minimum atomic E-state index is -0.200. The van der Waals surface area contributed by atoms with E-state index >= 15 is 0 Å². The highest BCUT2D eigenvalue weighted by Crippen LogP contribution is 2.29. The molecule has 3 nitrogen and oxygen atoms in total. The van der Waals surface area contributed by atoms with Crippen LogP contribution in [0.1, 0.15) is 36.7 Å². The zero-order chi connectivity index (χ0) is 17.3. The number of para-hydroxylation sites is 1. The van der Waals surface area contributed by atoms with Gasteiger partial charge in [-0.15, -0.1) is 0 Å². The Balaban J connectivity index is 1.86. The molecule has 0 fully saturated rings. The molecule has 2 aromatic carbocycles. The van der Waals surface area contributed by atoms with Crippen molar-refractivity contribution in [2.75, 3.05) is 5.32 Å². The Morgan fingerprint density at radius 1 is 1.04 bits per heavy atom. The maximum absolute atomic E-state index is 12.5. The van der Waals surface area contributed by atoms with Gasteiger partial charge >= 0.3 is 0 Å². The van der Waals surface area contributed by atoms with Crippen LogP contribution in [0.3, 0.4) is 0 Å². The van der Waals surface area contributed by atoms with Gasteiger partial charge in [0, 0.05) is 10.9 Å². The molecule has 1 N–H and O–H groups in total. The largest absolute Gasteiger partial charge is 0.319 e. The van der Waals surface area contributed by atoms with Crippen molar-refractivity contribution in [1.29, 1.82) is 0 Å². The molecule has 1 aromatic heterocycles. The van der Waals surface area contributed by atoms with Crippen LogP contribution in [0.5, 0.6) is 0 Å². The van der Waals surface area contributed by atoms with Crippen LogP contribution in [-0.2, 0) is 5.41 Å². The highest BCUT2D eigenvalue weighted by Gasteiger charge is 2.15. The molecule has 0 aliphatic rings. The highest BCUT2D eigenvalue weighted by atomic mass is 35.5. The van der Waals surface area contributed by atoms with Crippen LogP contribution >= 0.6 is 11.6 Å². The average molecular weight is 339 g/mol. The van der Waals surface area contributed by atoms with E-state index in [-0.39, 0.29) is 11.3 Å². The van der Waals surface area contributed by atoms with Gasteiger partial charge in [-0.25, -0.2) is 0 Å². The lowest BCUT2D eigenvalue weighted by molar-refractivity contribution is 0.102. The lowest BCUT2D eigenvalue weighted by Gasteiger charge is -2.19. The number of anilines is 1. The molecule has 0 aliphatic heterocycles. The Hall–Kier alpha value is -2.39. The number of carbonyl (C=O) groups excluding carboxylic acids is 1. The van der Waals surface area contributed by atoms with Crippen molar-refractivity contribution in [1.82, 2.24) is 4.98 Å². The SMILES string of the molecule is CC(C)(C)c1ccc(C(=O)Nc2cnc3ccccc3c2Cl)cc1. The normalized spacial score (nSPS) is 11.5. The molecular formula is C20H19ClN2O. The Morgan fingerprint density at radius 3 is 2.38 bits per heavy atom. The standard InChI is InChI=1S/C20H19ClN2O/c1-20(2,3)14-10-8-13(9-11-14)19(24)23-17-12-22-16-7-5-4-6-15(16)18(17)21/h4-12H,1-3H3,(H,23,24). The van der Waals surface area contributed by atoms with Crippen LogP contribution in [0.4, 0.5) is 5.69 Å². The Morgan fingerprint density at radius 2 is 1.71 bits per heavy atom. The van der Waals surface area contributed by atoms with Crippen molar-refractivity contribution in [3.8, 4) is 0 Å². The molecule has 0 unspecified atom stereocenters. The molecule has 122 valence electrons. The molecule has 4 heteroatoms. The summed E-state index contributed by atoms with van der Waals surface area (Å²) in [4.78, 5) is 16.8. The maximum atomic E-state index is 12.5. The number of aromatic nitrogens is 1. The summed E-state index contributed by atoms with van der Waals surface area (Å²) in [6, 6.07) is 15.2. The van der Waals surface area contributed by atoms with Crippen LogP contribution in [0.15, 0.2) is 54.7 Å². The van der Waals surface area contributed by atoms with E-state index < -0.39 is 0 Å². The van der Waals surface area contributed by atoms with Gasteiger partial charge in [-0.05, 0) is 29.2 Å². The van der Waals surface area contributed by atoms with Gasteiger partial charge in [0.15, 0.2) is 0 Å². The fourth-order valence-electron chi connectivity index (χ4n) is 2.51. The van der Waals surface area contributed by atoms with E-state index in [1.807, 2.05) is 48.5 Å². The highest BCUT2D eigenvalue weighted by molar-refractivity contribution is 6.38. The lowest BCUT2D eigenvalue weighted by Crippen LogP contribution is -2.14. The second-order valence-corrected chi connectivity index (χ2v) is 7.16. The molecule has 0 spiro atoms. The number of hydrogen-bond acceptors (Lipinski definition) is 2. The molecule has 24 heavy (non-hydrogen) atoms. The minimum absolute atomic E-state index is 0.0561. The van der Waals surface area contributed by atoms with Gasteiger partial charge in [-0.1, -0.05) is 62.7 Å². The number of amides is 1. The lowest BCUT2D eigenvalue weighted by atomic mass is 9.87. The van der Waals surface area contributed by atoms with Crippen LogP contribution in [0, 0.1) is 0 Å². The van der Waals surface area contributed by atoms with E-state index in [4.69, 9.17) is 11.6 Å². The smallest absolute Gasteiger partial charge is 0.255 e. The second-order valence-electron chi connectivity index (χ2n) is 6.78. The zero-order valence-corrected chi connectivity index (χ0v) is 14.7. The quantitative estimate of drug-likeness (QED) is 0.676. The van der Waals surface area contributed by atoms with Crippen molar-refractivity contribution >= 4 is 34.1 Å². The summed E-state index contributed by atoms with van der Waals surface area (Å²) in [6.07, 6.45) is 1.59. The number of carbonyl (C=O) groups is 1. The Bertz CT molecular complexity index is 896. The third kappa shape index (κ3) is 3.26. The topological polar surface area (TPSA) is 42.0 Å². The first kappa shape index (κ1) is 16.5. The van der Waals surface area contributed by atoms with Gasteiger partial charge in [-0.3, -0.25) is 9.78 Å². The van der Waals surface area contributed by atoms with E-state index in [1.165, 1.54) is 5.56 Å². The van der Waals surface area contributed by atoms with Crippen LogP contribution in [0.25, 0.3) is 10.9 Å². The van der Waals surface area contributed by atoms with Crippen molar-refractivity contribution in [2.24, 2.45) is 0 Å². The van der Waals surface area contributed by atoms with E-state index in [9.17, 15) is 4.79 Å². The van der Waals surface area contributed by atoms with Gasteiger partial charge in [0.1, 0.15) is 0 Å². The molecule has 0 radical (unpaired) electrons. The van der Waals surface area contributed by atoms with Gasteiger partial charge in [-0.2, -0.15) is 0 Å². The number of halogens is 1. The van der Waals surface area contributed by atoms with E-state index in [2.05, 4.69) is 31.1 Å². The first-order valence-corrected chi connectivity index (χ1v) is 8.19. The molecule has 0 atom stereocenters. The zero-order valence-electron chi connectivity index (χ0n) is 13.9. The van der Waals surface area contributed by atoms with E-state index in [0.717, 1.165) is 10.9 Å². The van der Waals surface area contributed by atoms with Crippen LogP contribution in [0.2, 0.25) is 5.02 Å². The van der Waals surface area contributed by atoms with E-state index in [1.54, 1.807) is 6.20 Å². The average Bonchev–Trinajstić information content (AvgIpc) is 2.57. The van der Waals surface area contributed by atoms with Gasteiger partial charge in [0.2, 0.25) is 0 Å². The summed E-state index contributed by atoms with van der Waals surface area (Å²) in [6.45, 7) is 6.42. The minimum Gasteiger partial charge on any atom is -0.319 e. The van der Waals surface area contributed by atoms with Gasteiger partial charge < -0.3 is 5.32 Å². The number of rotatable bonds is 2. The molecule has 3 aromatic rings. The first-order valence-electron chi connectivity index (χ1n) is 7.81. The number of benzene rings is 2. The fourth-order valence-corrected chi connectivity index (χ4v) is 2.77. The van der Waals surface area contributed by atoms with Gasteiger partial charge in [0.25, 0.3) is 5.91 Å². The summed E-state index contributed by atoms with van der Waals surface area (Å²) in [5.41, 5.74) is 3.15.